The summed E-state index contributed by atoms with van der Waals surface area (Å²) >= 11 is 0. The molecule has 0 unspecified atom stereocenters. The molecule has 0 saturated heterocycles. The van der Waals surface area contributed by atoms with Gasteiger partial charge in [0.05, 0.1) is 0 Å². The minimum Gasteiger partial charge on any atom is -0.0683 e. The first-order valence-electron chi connectivity index (χ1n) is 20.3. The normalized spacial score (nSPS) is 8.06. The Morgan fingerprint density at radius 1 is 0.255 bits per heavy atom. The minimum atomic E-state index is 1.25. The molecule has 0 atom stereocenters. The summed E-state index contributed by atoms with van der Waals surface area (Å²) in [5.74, 6) is 0. The third-order valence-corrected chi connectivity index (χ3v) is 6.02. The van der Waals surface area contributed by atoms with Gasteiger partial charge in [-0.25, -0.2) is 0 Å². The van der Waals surface area contributed by atoms with Crippen molar-refractivity contribution in [2.75, 3.05) is 0 Å². The van der Waals surface area contributed by atoms with Crippen LogP contribution in [-0.2, 0) is 0 Å². The largest absolute Gasteiger partial charge is 0.0683 e. The maximum atomic E-state index is 2.16. The van der Waals surface area contributed by atoms with Crippen LogP contribution >= 0.6 is 0 Å². The first kappa shape index (κ1) is 56.5. The highest BCUT2D eigenvalue weighted by Gasteiger charge is 1.94. The van der Waals surface area contributed by atoms with E-state index in [2.05, 4.69) is 176 Å². The Kier molecular flexibility index (Phi) is 48.9. The molecule has 51 heavy (non-hydrogen) atoms. The highest BCUT2D eigenvalue weighted by molar-refractivity contribution is 5.86. The van der Waals surface area contributed by atoms with Gasteiger partial charge in [-0.05, 0) is 69.8 Å². The van der Waals surface area contributed by atoms with Crippen LogP contribution in [0, 0.1) is 20.8 Å². The molecule has 0 bridgehead atoms. The van der Waals surface area contributed by atoms with E-state index in [0.717, 1.165) is 0 Å². The molecule has 0 amide bonds. The lowest BCUT2D eigenvalue weighted by Crippen LogP contribution is -1.75. The van der Waals surface area contributed by atoms with Crippen molar-refractivity contribution in [1.82, 2.24) is 0 Å². The molecule has 0 spiro atoms. The van der Waals surface area contributed by atoms with E-state index in [1.807, 2.05) is 83.1 Å². The molecule has 6 rings (SSSR count). The van der Waals surface area contributed by atoms with Crippen molar-refractivity contribution in [3.05, 3.63) is 144 Å². The van der Waals surface area contributed by atoms with Gasteiger partial charge in [0.25, 0.3) is 0 Å². The molecule has 0 nitrogen and oxygen atoms in total. The number of rotatable bonds is 0. The molecule has 0 aliphatic carbocycles. The van der Waals surface area contributed by atoms with Gasteiger partial charge in [0.2, 0.25) is 0 Å². The van der Waals surface area contributed by atoms with Crippen LogP contribution in [0.1, 0.15) is 140 Å². The average Bonchev–Trinajstić information content (AvgIpc) is 3.21. The fourth-order valence-electron chi connectivity index (χ4n) is 4.16. The van der Waals surface area contributed by atoms with E-state index >= 15 is 0 Å². The smallest absolute Gasteiger partial charge is 0.0155 e. The van der Waals surface area contributed by atoms with E-state index in [4.69, 9.17) is 0 Å². The number of hydrogen-bond acceptors (Lipinski definition) is 0. The Morgan fingerprint density at radius 3 is 0.588 bits per heavy atom. The summed E-state index contributed by atoms with van der Waals surface area (Å²) in [6.45, 7) is 38.9. The monoisotopic (exact) mass is 695 g/mol. The fourth-order valence-corrected chi connectivity index (χ4v) is 4.16. The summed E-state index contributed by atoms with van der Waals surface area (Å²) in [5.41, 5.74) is 4.05. The molecule has 0 aromatic heterocycles. The molecule has 0 N–H and O–H groups in total. The van der Waals surface area contributed by atoms with Crippen molar-refractivity contribution in [1.29, 1.82) is 0 Å². The van der Waals surface area contributed by atoms with E-state index < -0.39 is 0 Å². The van der Waals surface area contributed by atoms with Gasteiger partial charge in [0.1, 0.15) is 0 Å². The van der Waals surface area contributed by atoms with Gasteiger partial charge in [-0.1, -0.05) is 251 Å². The second-order valence-electron chi connectivity index (χ2n) is 9.80. The molecule has 0 radical (unpaired) electrons. The zero-order chi connectivity index (χ0) is 40.5. The number of fused-ring (bicyclic) bond motifs is 3. The molecule has 0 heteroatoms. The average molecular weight is 695 g/mol. The molecular weight excluding hydrogens is 613 g/mol. The third-order valence-electron chi connectivity index (χ3n) is 6.02. The molecule has 6 aromatic rings. The number of aryl methyl sites for hydroxylation is 3. The second-order valence-corrected chi connectivity index (χ2v) is 9.80. The van der Waals surface area contributed by atoms with Crippen molar-refractivity contribution in [3.8, 4) is 0 Å². The van der Waals surface area contributed by atoms with E-state index in [0.29, 0.717) is 0 Å². The van der Waals surface area contributed by atoms with Gasteiger partial charge in [0, 0.05) is 0 Å². The Labute approximate surface area is 319 Å². The molecule has 0 aliphatic rings. The second kappa shape index (κ2) is 44.1. The summed E-state index contributed by atoms with van der Waals surface area (Å²) in [5, 5.41) is 8.05. The first-order chi connectivity index (χ1) is 25.0. The number of benzene rings is 6. The van der Waals surface area contributed by atoms with Gasteiger partial charge in [0.15, 0.2) is 0 Å². The van der Waals surface area contributed by atoms with E-state index in [-0.39, 0.29) is 0 Å². The van der Waals surface area contributed by atoms with Crippen molar-refractivity contribution < 1.29 is 0 Å². The van der Waals surface area contributed by atoms with Gasteiger partial charge in [-0.15, -0.1) is 0 Å². The molecule has 0 saturated carbocycles. The van der Waals surface area contributed by atoms with Crippen LogP contribution in [-0.4, -0.2) is 0 Å². The summed E-state index contributed by atoms with van der Waals surface area (Å²) in [6, 6.07) is 44.5. The van der Waals surface area contributed by atoms with E-state index in [9.17, 15) is 0 Å². The van der Waals surface area contributed by atoms with Gasteiger partial charge in [-0.2, -0.15) is 0 Å². The molecule has 0 heterocycles. The predicted octanol–water partition coefficient (Wildman–Crippen LogP) is 18.4. The van der Waals surface area contributed by atoms with E-state index in [1.165, 1.54) is 61.8 Å². The lowest BCUT2D eigenvalue weighted by Gasteiger charge is -1.98. The highest BCUT2D eigenvalue weighted by atomic mass is 14.0. The molecular formula is C51H82. The van der Waals surface area contributed by atoms with Crippen LogP contribution < -0.4 is 0 Å². The Balaban J connectivity index is -0.000000170. The lowest BCUT2D eigenvalue weighted by atomic mass is 10.1. The van der Waals surface area contributed by atoms with Gasteiger partial charge < -0.3 is 0 Å². The molecule has 0 aliphatic heterocycles. The SMILES string of the molecule is CC.CC.CC.CC.CC.CC.CCC.CCC.Cc1cccc2ccccc12.Cc1cccc2ccccc12.Cc1cccc2ccccc12. The summed E-state index contributed by atoms with van der Waals surface area (Å²) in [7, 11) is 0. The van der Waals surface area contributed by atoms with Crippen LogP contribution in [0.4, 0.5) is 0 Å². The standard InChI is InChI=1S/3C11H10.2C3H8.6C2H6/c3*1-9-5-4-7-10-6-2-3-8-11(9)10;2*1-3-2;6*1-2/h3*2-8H,1H3;2*3H2,1-2H3;6*1-2H3. The zero-order valence-corrected chi connectivity index (χ0v) is 37.0. The quantitative estimate of drug-likeness (QED) is 0.148. The van der Waals surface area contributed by atoms with Crippen molar-refractivity contribution >= 4 is 32.3 Å². The Morgan fingerprint density at radius 2 is 0.412 bits per heavy atom. The van der Waals surface area contributed by atoms with Crippen LogP contribution in [0.25, 0.3) is 32.3 Å². The first-order valence-corrected chi connectivity index (χ1v) is 20.3. The number of hydrogen-bond donors (Lipinski definition) is 0. The van der Waals surface area contributed by atoms with Crippen LogP contribution in [0.15, 0.2) is 127 Å². The topological polar surface area (TPSA) is 0 Å². The molecule has 6 aromatic carbocycles. The lowest BCUT2D eigenvalue weighted by molar-refractivity contribution is 1.09. The Hall–Kier alpha value is -3.90. The van der Waals surface area contributed by atoms with Gasteiger partial charge >= 0.3 is 0 Å². The minimum absolute atomic E-state index is 1.25. The van der Waals surface area contributed by atoms with Crippen LogP contribution in [0.2, 0.25) is 0 Å². The van der Waals surface area contributed by atoms with Crippen molar-refractivity contribution in [3.63, 3.8) is 0 Å². The summed E-state index contributed by atoms with van der Waals surface area (Å²) in [4.78, 5) is 0. The summed E-state index contributed by atoms with van der Waals surface area (Å²) < 4.78 is 0. The molecule has 286 valence electrons. The fraction of sp³-hybridized carbons (Fsp3) is 0.412. The maximum absolute atomic E-state index is 2.16. The third kappa shape index (κ3) is 25.7. The van der Waals surface area contributed by atoms with Crippen LogP contribution in [0.5, 0.6) is 0 Å². The molecule has 0 fully saturated rings. The zero-order valence-electron chi connectivity index (χ0n) is 37.0. The van der Waals surface area contributed by atoms with Gasteiger partial charge in [-0.3, -0.25) is 0 Å². The van der Waals surface area contributed by atoms with E-state index in [1.54, 1.807) is 0 Å². The highest BCUT2D eigenvalue weighted by Crippen LogP contribution is 2.18. The Bertz CT molecular complexity index is 1320. The van der Waals surface area contributed by atoms with Crippen LogP contribution in [0.3, 0.4) is 0 Å². The maximum Gasteiger partial charge on any atom is -0.0155 e. The van der Waals surface area contributed by atoms with Crippen molar-refractivity contribution in [2.24, 2.45) is 0 Å². The van der Waals surface area contributed by atoms with Crippen molar-refractivity contribution in [2.45, 2.75) is 144 Å². The summed E-state index contributed by atoms with van der Waals surface area (Å²) in [6.07, 6.45) is 2.50. The predicted molar refractivity (Wildman–Crippen MR) is 246 cm³/mol.